The number of hydrogen-bond acceptors (Lipinski definition) is 7. The summed E-state index contributed by atoms with van der Waals surface area (Å²) in [6.45, 7) is 4.66. The Kier molecular flexibility index (Phi) is 9.79. The molecule has 0 bridgehead atoms. The van der Waals surface area contributed by atoms with E-state index in [9.17, 15) is 31.1 Å². The third-order valence-electron chi connectivity index (χ3n) is 2.46. The zero-order valence-electron chi connectivity index (χ0n) is 13.4. The molecule has 1 aromatic carbocycles. The summed E-state index contributed by atoms with van der Waals surface area (Å²) in [5.74, 6) is 0. The first-order valence-electron chi connectivity index (χ1n) is 5.60. The van der Waals surface area contributed by atoms with E-state index in [0.29, 0.717) is 10.8 Å². The van der Waals surface area contributed by atoms with E-state index in [1.807, 2.05) is 0 Å². The summed E-state index contributed by atoms with van der Waals surface area (Å²) < 4.78 is 66.5. The molecule has 0 unspecified atom stereocenters. The van der Waals surface area contributed by atoms with Crippen LogP contribution in [-0.2, 0) is 20.2 Å². The summed E-state index contributed by atoms with van der Waals surface area (Å²) in [5, 5.41) is 11.8. The van der Waals surface area contributed by atoms with Gasteiger partial charge in [0.15, 0.2) is 11.8 Å². The van der Waals surface area contributed by atoms with E-state index >= 15 is 0 Å². The van der Waals surface area contributed by atoms with Gasteiger partial charge in [0.1, 0.15) is 20.2 Å². The number of benzene rings is 1. The van der Waals surface area contributed by atoms with Gasteiger partial charge in [0.05, 0.1) is 15.4 Å². The Balaban J connectivity index is 0. The molecule has 8 nitrogen and oxygen atoms in total. The maximum absolute atomic E-state index is 11.8. The summed E-state index contributed by atoms with van der Waals surface area (Å²) in [4.78, 5) is -1.80. The van der Waals surface area contributed by atoms with Gasteiger partial charge in [-0.3, -0.25) is 0 Å². The Morgan fingerprint density at radius 3 is 1.83 bits per heavy atom. The molecule has 1 rings (SSSR count). The van der Waals surface area contributed by atoms with Crippen molar-refractivity contribution in [3.8, 4) is 0 Å². The second-order valence-electron chi connectivity index (χ2n) is 5.23. The van der Waals surface area contributed by atoms with E-state index < -0.39 is 35.6 Å². The Labute approximate surface area is 179 Å². The molecular weight excluding hydrogens is 368 g/mol. The second kappa shape index (κ2) is 8.75. The average molecular weight is 381 g/mol. The molecule has 0 radical (unpaired) electrons. The van der Waals surface area contributed by atoms with Crippen LogP contribution in [0.15, 0.2) is 28.0 Å². The van der Waals surface area contributed by atoms with Crippen molar-refractivity contribution >= 4 is 26.5 Å². The molecule has 0 saturated heterocycles. The van der Waals surface area contributed by atoms with Crippen LogP contribution < -0.4 is 59.1 Å². The third-order valence-corrected chi connectivity index (χ3v) is 4.18. The van der Waals surface area contributed by atoms with Crippen molar-refractivity contribution in [2.75, 3.05) is 0 Å². The van der Waals surface area contributed by atoms with Crippen molar-refractivity contribution in [1.82, 2.24) is 0 Å². The van der Waals surface area contributed by atoms with E-state index in [2.05, 4.69) is 0 Å². The minimum absolute atomic E-state index is 0. The Morgan fingerprint density at radius 1 is 1.00 bits per heavy atom. The molecule has 0 aliphatic heterocycles. The molecule has 0 aliphatic rings. The van der Waals surface area contributed by atoms with Crippen LogP contribution in [0.1, 0.15) is 26.3 Å². The fourth-order valence-electron chi connectivity index (χ4n) is 1.31. The van der Waals surface area contributed by atoms with E-state index in [1.54, 1.807) is 20.8 Å². The molecule has 0 fully saturated rings. The first-order chi connectivity index (χ1) is 9.23. The second-order valence-corrected chi connectivity index (χ2v) is 7.96. The van der Waals surface area contributed by atoms with Gasteiger partial charge in [-0.25, -0.2) is 21.6 Å². The van der Waals surface area contributed by atoms with Crippen LogP contribution in [0, 0.1) is 5.21 Å². The molecule has 118 valence electrons. The summed E-state index contributed by atoms with van der Waals surface area (Å²) in [6.07, 6.45) is 0.853. The molecular formula is C11H13NNa2O7S2. The van der Waals surface area contributed by atoms with Crippen molar-refractivity contribution in [1.29, 1.82) is 0 Å². The summed E-state index contributed by atoms with van der Waals surface area (Å²) >= 11 is 0. The van der Waals surface area contributed by atoms with Crippen molar-refractivity contribution in [2.45, 2.75) is 36.1 Å². The summed E-state index contributed by atoms with van der Waals surface area (Å²) in [7, 11) is -9.98. The van der Waals surface area contributed by atoms with Gasteiger partial charge < -0.3 is 14.3 Å². The zero-order chi connectivity index (χ0) is 16.6. The van der Waals surface area contributed by atoms with E-state index in [4.69, 9.17) is 0 Å². The third kappa shape index (κ3) is 7.51. The molecule has 0 aliphatic carbocycles. The van der Waals surface area contributed by atoms with E-state index in [-0.39, 0.29) is 64.7 Å². The minimum atomic E-state index is -5.06. The number of hydroxylamine groups is 1. The van der Waals surface area contributed by atoms with Gasteiger partial charge in [-0.15, -0.1) is 0 Å². The Hall–Kier alpha value is 0.510. The van der Waals surface area contributed by atoms with E-state index in [0.717, 1.165) is 18.3 Å². The number of rotatable bonds is 3. The van der Waals surface area contributed by atoms with Crippen LogP contribution in [0.3, 0.4) is 0 Å². The maximum Gasteiger partial charge on any atom is 1.00 e. The fourth-order valence-corrected chi connectivity index (χ4v) is 2.57. The van der Waals surface area contributed by atoms with Gasteiger partial charge in [-0.05, 0) is 18.2 Å². The molecule has 0 N–H and O–H groups in total. The normalized spacial score (nSPS) is 13.0. The molecule has 1 aromatic rings. The average Bonchev–Trinajstić information content (AvgIpc) is 2.25. The molecule has 0 heterocycles. The van der Waals surface area contributed by atoms with Gasteiger partial charge in [-0.2, -0.15) is 0 Å². The molecule has 0 aromatic heterocycles. The van der Waals surface area contributed by atoms with Gasteiger partial charge in [-0.1, -0.05) is 0 Å². The Bertz CT molecular complexity index is 796. The molecule has 0 atom stereocenters. The summed E-state index contributed by atoms with van der Waals surface area (Å²) in [5.41, 5.74) is -1.19. The van der Waals surface area contributed by atoms with Gasteiger partial charge in [0.2, 0.25) is 0 Å². The zero-order valence-corrected chi connectivity index (χ0v) is 19.1. The molecule has 0 saturated carbocycles. The minimum Gasteiger partial charge on any atom is -0.744 e. The monoisotopic (exact) mass is 381 g/mol. The van der Waals surface area contributed by atoms with Gasteiger partial charge in [0, 0.05) is 20.8 Å². The molecule has 23 heavy (non-hydrogen) atoms. The van der Waals surface area contributed by atoms with Crippen molar-refractivity contribution < 1.29 is 89.8 Å². The SMILES string of the molecule is CC(C)(C)/[N+]([O-])=C\c1ccc(S(=O)(=O)[O-])cc1S(=O)(=O)[O-].[Na+].[Na+]. The largest absolute Gasteiger partial charge is 1.00 e. The summed E-state index contributed by atoms with van der Waals surface area (Å²) in [6, 6.07) is 2.21. The van der Waals surface area contributed by atoms with Gasteiger partial charge >= 0.3 is 59.1 Å². The van der Waals surface area contributed by atoms with Crippen LogP contribution in [-0.4, -0.2) is 42.4 Å². The predicted molar refractivity (Wildman–Crippen MR) is 70.9 cm³/mol. The number of hydrogen-bond donors (Lipinski definition) is 0. The maximum atomic E-state index is 11.8. The quantitative estimate of drug-likeness (QED) is 0.127. The standard InChI is InChI=1S/C11H15NO7S2.2Na/c1-11(2,3)12(13)7-8-4-5-9(20(14,15)16)6-10(8)21(17,18)19;;/h4-7H,1-3H3,(H,14,15,16)(H,17,18,19);;/q;2*+1/p-2/b12-7+;;. The van der Waals surface area contributed by atoms with Crippen LogP contribution in [0.25, 0.3) is 0 Å². The van der Waals surface area contributed by atoms with Crippen LogP contribution in [0.2, 0.25) is 0 Å². The van der Waals surface area contributed by atoms with Gasteiger partial charge in [0.25, 0.3) is 0 Å². The first kappa shape index (κ1) is 25.7. The van der Waals surface area contributed by atoms with Crippen LogP contribution in [0.5, 0.6) is 0 Å². The van der Waals surface area contributed by atoms with Crippen LogP contribution >= 0.6 is 0 Å². The molecule has 12 heteroatoms. The molecule has 0 spiro atoms. The van der Waals surface area contributed by atoms with Crippen molar-refractivity contribution in [3.63, 3.8) is 0 Å². The topological polar surface area (TPSA) is 140 Å². The number of nitrogens with zero attached hydrogens (tertiary/aromatic N) is 1. The Morgan fingerprint density at radius 2 is 1.48 bits per heavy atom. The molecule has 0 amide bonds. The van der Waals surface area contributed by atoms with Crippen LogP contribution in [0.4, 0.5) is 0 Å². The predicted octanol–water partition coefficient (Wildman–Crippen LogP) is -5.77. The smallest absolute Gasteiger partial charge is 0.744 e. The fraction of sp³-hybridized carbons (Fsp3) is 0.364. The van der Waals surface area contributed by atoms with Crippen molar-refractivity contribution in [2.24, 2.45) is 0 Å². The van der Waals surface area contributed by atoms with E-state index in [1.165, 1.54) is 0 Å². The van der Waals surface area contributed by atoms with Crippen molar-refractivity contribution in [3.05, 3.63) is 29.0 Å². The first-order valence-corrected chi connectivity index (χ1v) is 8.42.